The summed E-state index contributed by atoms with van der Waals surface area (Å²) in [6, 6.07) is 6.86. The van der Waals surface area contributed by atoms with Gasteiger partial charge in [0.2, 0.25) is 0 Å². The molecule has 1 rings (SSSR count). The Morgan fingerprint density at radius 3 is 2.20 bits per heavy atom. The van der Waals surface area contributed by atoms with E-state index >= 15 is 0 Å². The van der Waals surface area contributed by atoms with Crippen LogP contribution in [0, 0.1) is 0 Å². The van der Waals surface area contributed by atoms with Gasteiger partial charge in [0.25, 0.3) is 5.91 Å². The molecular formula is C11H14ClNO2. The van der Waals surface area contributed by atoms with Gasteiger partial charge < -0.3 is 10.0 Å². The number of hydrogen-bond acceptors (Lipinski definition) is 2. The van der Waals surface area contributed by atoms with Crippen LogP contribution in [0.4, 0.5) is 5.69 Å². The lowest BCUT2D eigenvalue weighted by Gasteiger charge is -2.24. The van der Waals surface area contributed by atoms with Crippen molar-refractivity contribution < 1.29 is 9.90 Å². The lowest BCUT2D eigenvalue weighted by Crippen LogP contribution is -2.43. The summed E-state index contributed by atoms with van der Waals surface area (Å²) in [7, 11) is 1.61. The van der Waals surface area contributed by atoms with Gasteiger partial charge in [-0.2, -0.15) is 0 Å². The third kappa shape index (κ3) is 2.94. The van der Waals surface area contributed by atoms with Crippen molar-refractivity contribution in [3.8, 4) is 0 Å². The summed E-state index contributed by atoms with van der Waals surface area (Å²) in [5.41, 5.74) is -0.666. The van der Waals surface area contributed by atoms with Gasteiger partial charge >= 0.3 is 0 Å². The molecule has 15 heavy (non-hydrogen) atoms. The van der Waals surface area contributed by atoms with E-state index in [0.29, 0.717) is 10.7 Å². The minimum absolute atomic E-state index is 0.357. The number of carbonyl (C=O) groups excluding carboxylic acids is 1. The molecule has 0 aliphatic heterocycles. The molecule has 1 aromatic carbocycles. The van der Waals surface area contributed by atoms with E-state index in [9.17, 15) is 9.90 Å². The van der Waals surface area contributed by atoms with Gasteiger partial charge in [0.1, 0.15) is 5.60 Å². The first-order valence-corrected chi connectivity index (χ1v) is 4.96. The average Bonchev–Trinajstić information content (AvgIpc) is 2.15. The van der Waals surface area contributed by atoms with Crippen LogP contribution < -0.4 is 4.90 Å². The predicted molar refractivity (Wildman–Crippen MR) is 61.2 cm³/mol. The summed E-state index contributed by atoms with van der Waals surface area (Å²) >= 11 is 5.73. The minimum atomic E-state index is -1.37. The van der Waals surface area contributed by atoms with Crippen molar-refractivity contribution >= 4 is 23.2 Å². The normalized spacial score (nSPS) is 11.3. The molecule has 1 amide bonds. The van der Waals surface area contributed by atoms with Crippen LogP contribution in [0.3, 0.4) is 0 Å². The van der Waals surface area contributed by atoms with E-state index in [0.717, 1.165) is 0 Å². The van der Waals surface area contributed by atoms with E-state index < -0.39 is 5.60 Å². The van der Waals surface area contributed by atoms with E-state index in [2.05, 4.69) is 0 Å². The molecule has 4 heteroatoms. The van der Waals surface area contributed by atoms with Crippen molar-refractivity contribution in [1.82, 2.24) is 0 Å². The number of aliphatic hydroxyl groups is 1. The summed E-state index contributed by atoms with van der Waals surface area (Å²) in [6.07, 6.45) is 0. The molecule has 0 atom stereocenters. The number of nitrogens with zero attached hydrogens (tertiary/aromatic N) is 1. The summed E-state index contributed by atoms with van der Waals surface area (Å²) in [5, 5.41) is 10.2. The number of halogens is 1. The molecule has 0 radical (unpaired) electrons. The monoisotopic (exact) mass is 227 g/mol. The van der Waals surface area contributed by atoms with Crippen molar-refractivity contribution in [2.75, 3.05) is 11.9 Å². The summed E-state index contributed by atoms with van der Waals surface area (Å²) < 4.78 is 0. The van der Waals surface area contributed by atoms with E-state index in [4.69, 9.17) is 11.6 Å². The number of amides is 1. The Bertz CT molecular complexity index is 354. The number of rotatable bonds is 2. The zero-order chi connectivity index (χ0) is 11.6. The van der Waals surface area contributed by atoms with Gasteiger partial charge in [0.05, 0.1) is 0 Å². The standard InChI is InChI=1S/C11H14ClNO2/c1-11(2,15)10(14)13(3)9-6-4-8(12)5-7-9/h4-7,15H,1-3H3. The van der Waals surface area contributed by atoms with Gasteiger partial charge in [0.15, 0.2) is 0 Å². The third-order valence-electron chi connectivity index (χ3n) is 2.04. The first-order chi connectivity index (χ1) is 6.82. The highest BCUT2D eigenvalue weighted by Gasteiger charge is 2.27. The van der Waals surface area contributed by atoms with Gasteiger partial charge in [-0.05, 0) is 38.1 Å². The number of likely N-dealkylation sites (N-methyl/N-ethyl adjacent to an activating group) is 1. The molecule has 3 nitrogen and oxygen atoms in total. The fourth-order valence-electron chi connectivity index (χ4n) is 1.19. The molecule has 0 aliphatic carbocycles. The number of hydrogen-bond donors (Lipinski definition) is 1. The maximum absolute atomic E-state index is 11.7. The second-order valence-corrected chi connectivity index (χ2v) is 4.34. The van der Waals surface area contributed by atoms with Crippen molar-refractivity contribution in [2.24, 2.45) is 0 Å². The van der Waals surface area contributed by atoms with Gasteiger partial charge in [0, 0.05) is 17.8 Å². The van der Waals surface area contributed by atoms with E-state index in [1.807, 2.05) is 0 Å². The smallest absolute Gasteiger partial charge is 0.258 e. The highest BCUT2D eigenvalue weighted by molar-refractivity contribution is 6.30. The number of carbonyl (C=O) groups is 1. The second-order valence-electron chi connectivity index (χ2n) is 3.90. The Morgan fingerprint density at radius 1 is 1.33 bits per heavy atom. The van der Waals surface area contributed by atoms with Crippen LogP contribution in [0.5, 0.6) is 0 Å². The molecule has 0 aliphatic rings. The lowest BCUT2D eigenvalue weighted by molar-refractivity contribution is -0.133. The second kappa shape index (κ2) is 4.21. The maximum atomic E-state index is 11.7. The first-order valence-electron chi connectivity index (χ1n) is 4.58. The van der Waals surface area contributed by atoms with Gasteiger partial charge in [-0.3, -0.25) is 4.79 Å². The predicted octanol–water partition coefficient (Wildman–Crippen LogP) is 2.07. The molecule has 0 spiro atoms. The Kier molecular flexibility index (Phi) is 3.37. The van der Waals surface area contributed by atoms with Gasteiger partial charge in [-0.15, -0.1) is 0 Å². The largest absolute Gasteiger partial charge is 0.381 e. The highest BCUT2D eigenvalue weighted by atomic mass is 35.5. The molecule has 0 saturated heterocycles. The third-order valence-corrected chi connectivity index (χ3v) is 2.29. The molecule has 0 aromatic heterocycles. The highest BCUT2D eigenvalue weighted by Crippen LogP contribution is 2.19. The Hall–Kier alpha value is -1.06. The summed E-state index contributed by atoms with van der Waals surface area (Å²) in [4.78, 5) is 13.1. The molecule has 1 N–H and O–H groups in total. The molecular weight excluding hydrogens is 214 g/mol. The van der Waals surface area contributed by atoms with Gasteiger partial charge in [-0.25, -0.2) is 0 Å². The Labute approximate surface area is 94.3 Å². The zero-order valence-electron chi connectivity index (χ0n) is 8.99. The van der Waals surface area contributed by atoms with Crippen molar-refractivity contribution in [1.29, 1.82) is 0 Å². The van der Waals surface area contributed by atoms with E-state index in [-0.39, 0.29) is 5.91 Å². The van der Waals surface area contributed by atoms with Crippen LogP contribution in [0.15, 0.2) is 24.3 Å². The Morgan fingerprint density at radius 2 is 1.80 bits per heavy atom. The maximum Gasteiger partial charge on any atom is 0.258 e. The van der Waals surface area contributed by atoms with Crippen molar-refractivity contribution in [3.63, 3.8) is 0 Å². The topological polar surface area (TPSA) is 40.5 Å². The molecule has 82 valence electrons. The van der Waals surface area contributed by atoms with Crippen LogP contribution in [0.1, 0.15) is 13.8 Å². The molecule has 0 unspecified atom stereocenters. The van der Waals surface area contributed by atoms with Crippen LogP contribution in [0.25, 0.3) is 0 Å². The van der Waals surface area contributed by atoms with E-state index in [1.54, 1.807) is 31.3 Å². The average molecular weight is 228 g/mol. The van der Waals surface area contributed by atoms with Gasteiger partial charge in [-0.1, -0.05) is 11.6 Å². The van der Waals surface area contributed by atoms with Crippen molar-refractivity contribution in [3.05, 3.63) is 29.3 Å². The first kappa shape index (κ1) is 12.0. The minimum Gasteiger partial charge on any atom is -0.381 e. The SMILES string of the molecule is CN(C(=O)C(C)(C)O)c1ccc(Cl)cc1. The molecule has 0 bridgehead atoms. The summed E-state index contributed by atoms with van der Waals surface area (Å²) in [5.74, 6) is -0.357. The Balaban J connectivity index is 2.90. The molecule has 1 aromatic rings. The van der Waals surface area contributed by atoms with E-state index in [1.165, 1.54) is 18.7 Å². The quantitative estimate of drug-likeness (QED) is 0.841. The van der Waals surface area contributed by atoms with Crippen LogP contribution in [0.2, 0.25) is 5.02 Å². The lowest BCUT2D eigenvalue weighted by atomic mass is 10.1. The van der Waals surface area contributed by atoms with Crippen LogP contribution >= 0.6 is 11.6 Å². The molecule has 0 fully saturated rings. The molecule has 0 saturated carbocycles. The van der Waals surface area contributed by atoms with Crippen LogP contribution in [-0.2, 0) is 4.79 Å². The number of benzene rings is 1. The number of anilines is 1. The molecule has 0 heterocycles. The van der Waals surface area contributed by atoms with Crippen LogP contribution in [-0.4, -0.2) is 23.7 Å². The fraction of sp³-hybridized carbons (Fsp3) is 0.364. The fourth-order valence-corrected chi connectivity index (χ4v) is 1.32. The zero-order valence-corrected chi connectivity index (χ0v) is 9.75. The summed E-state index contributed by atoms with van der Waals surface area (Å²) in [6.45, 7) is 2.92. The van der Waals surface area contributed by atoms with Crippen molar-refractivity contribution in [2.45, 2.75) is 19.4 Å².